The SMILES string of the molecule is Cc1ccc(NC(=O)NC[C@H](C)Cn2cccn2)cc1NC(=O)NC[C@@H](C)Cn1cccn1. The first kappa shape index (κ1) is 23.8. The lowest BCUT2D eigenvalue weighted by molar-refractivity contribution is 0.249. The van der Waals surface area contributed by atoms with E-state index in [-0.39, 0.29) is 23.9 Å². The highest BCUT2D eigenvalue weighted by Gasteiger charge is 2.11. The van der Waals surface area contributed by atoms with Gasteiger partial charge in [-0.25, -0.2) is 9.59 Å². The van der Waals surface area contributed by atoms with Crippen molar-refractivity contribution in [1.82, 2.24) is 30.2 Å². The van der Waals surface area contributed by atoms with E-state index in [0.717, 1.165) is 18.7 Å². The van der Waals surface area contributed by atoms with Gasteiger partial charge in [0.15, 0.2) is 0 Å². The number of aromatic nitrogens is 4. The fourth-order valence-corrected chi connectivity index (χ4v) is 3.29. The second-order valence-electron chi connectivity index (χ2n) is 8.37. The van der Waals surface area contributed by atoms with Gasteiger partial charge in [0.25, 0.3) is 0 Å². The van der Waals surface area contributed by atoms with Crippen LogP contribution in [0.25, 0.3) is 0 Å². The van der Waals surface area contributed by atoms with Crippen LogP contribution in [0.15, 0.2) is 55.1 Å². The summed E-state index contributed by atoms with van der Waals surface area (Å²) < 4.78 is 3.68. The van der Waals surface area contributed by atoms with Crippen LogP contribution in [0.3, 0.4) is 0 Å². The summed E-state index contributed by atoms with van der Waals surface area (Å²) >= 11 is 0. The largest absolute Gasteiger partial charge is 0.338 e. The van der Waals surface area contributed by atoms with E-state index in [1.165, 1.54) is 0 Å². The first-order valence-corrected chi connectivity index (χ1v) is 11.0. The van der Waals surface area contributed by atoms with Crippen molar-refractivity contribution in [3.63, 3.8) is 0 Å². The summed E-state index contributed by atoms with van der Waals surface area (Å²) in [7, 11) is 0. The number of aryl methyl sites for hydroxylation is 1. The number of rotatable bonds is 10. The summed E-state index contributed by atoms with van der Waals surface area (Å²) in [6.45, 7) is 8.47. The van der Waals surface area contributed by atoms with E-state index in [4.69, 9.17) is 0 Å². The first-order chi connectivity index (χ1) is 15.9. The van der Waals surface area contributed by atoms with Crippen LogP contribution in [0, 0.1) is 18.8 Å². The standard InChI is InChI=1S/C23H32N8O2/c1-17(15-30-10-4-8-26-30)13-24-22(32)28-20-7-6-19(3)21(12-20)29-23(33)25-14-18(2)16-31-11-5-9-27-31/h4-12,17-18H,13-16H2,1-3H3,(H2,24,28,32)(H2,25,29,33)/t17-,18+/m0/s1. The zero-order chi connectivity index (χ0) is 23.6. The minimum Gasteiger partial charge on any atom is -0.338 e. The number of nitrogens with zero attached hydrogens (tertiary/aromatic N) is 4. The van der Waals surface area contributed by atoms with Gasteiger partial charge in [-0.3, -0.25) is 9.36 Å². The third-order valence-electron chi connectivity index (χ3n) is 5.08. The van der Waals surface area contributed by atoms with Gasteiger partial charge in [-0.1, -0.05) is 19.9 Å². The Hall–Kier alpha value is -3.82. The van der Waals surface area contributed by atoms with Crippen molar-refractivity contribution in [3.05, 3.63) is 60.7 Å². The Balaban J connectivity index is 1.44. The van der Waals surface area contributed by atoms with Crippen molar-refractivity contribution >= 4 is 23.4 Å². The van der Waals surface area contributed by atoms with Gasteiger partial charge in [0.1, 0.15) is 0 Å². The molecular weight excluding hydrogens is 420 g/mol. The Bertz CT molecular complexity index is 1020. The van der Waals surface area contributed by atoms with Gasteiger partial charge < -0.3 is 21.3 Å². The van der Waals surface area contributed by atoms with Crippen molar-refractivity contribution in [2.24, 2.45) is 11.8 Å². The van der Waals surface area contributed by atoms with Crippen LogP contribution in [-0.4, -0.2) is 44.7 Å². The lowest BCUT2D eigenvalue weighted by Crippen LogP contribution is -2.34. The molecule has 2 heterocycles. The molecule has 3 rings (SSSR count). The molecule has 0 unspecified atom stereocenters. The van der Waals surface area contributed by atoms with E-state index in [9.17, 15) is 9.59 Å². The highest BCUT2D eigenvalue weighted by Crippen LogP contribution is 2.20. The van der Waals surface area contributed by atoms with Crippen LogP contribution in [0.2, 0.25) is 0 Å². The summed E-state index contributed by atoms with van der Waals surface area (Å²) in [6.07, 6.45) is 7.26. The van der Waals surface area contributed by atoms with Crippen LogP contribution >= 0.6 is 0 Å². The molecule has 1 aromatic carbocycles. The van der Waals surface area contributed by atoms with Crippen molar-refractivity contribution in [2.45, 2.75) is 33.9 Å². The first-order valence-electron chi connectivity index (χ1n) is 11.0. The number of hydrogen-bond acceptors (Lipinski definition) is 4. The molecule has 0 radical (unpaired) electrons. The highest BCUT2D eigenvalue weighted by molar-refractivity contribution is 5.93. The number of benzene rings is 1. The Morgan fingerprint density at radius 1 is 0.879 bits per heavy atom. The van der Waals surface area contributed by atoms with E-state index in [1.54, 1.807) is 24.5 Å². The minimum atomic E-state index is -0.297. The third kappa shape index (κ3) is 7.99. The number of urea groups is 2. The Labute approximate surface area is 193 Å². The summed E-state index contributed by atoms with van der Waals surface area (Å²) in [4.78, 5) is 24.7. The highest BCUT2D eigenvalue weighted by atomic mass is 16.2. The minimum absolute atomic E-state index is 0.226. The molecule has 10 nitrogen and oxygen atoms in total. The molecule has 0 bridgehead atoms. The van der Waals surface area contributed by atoms with E-state index in [1.807, 2.05) is 60.7 Å². The number of hydrogen-bond donors (Lipinski definition) is 4. The van der Waals surface area contributed by atoms with Crippen LogP contribution in [-0.2, 0) is 13.1 Å². The van der Waals surface area contributed by atoms with Gasteiger partial charge in [0.2, 0.25) is 0 Å². The van der Waals surface area contributed by atoms with Crippen molar-refractivity contribution < 1.29 is 9.59 Å². The molecule has 3 aromatic rings. The zero-order valence-corrected chi connectivity index (χ0v) is 19.3. The summed E-state index contributed by atoms with van der Waals surface area (Å²) in [6, 6.07) is 8.56. The number of carbonyl (C=O) groups excluding carboxylic acids is 2. The average Bonchev–Trinajstić information content (AvgIpc) is 3.48. The molecule has 176 valence electrons. The lowest BCUT2D eigenvalue weighted by atomic mass is 10.1. The van der Waals surface area contributed by atoms with E-state index in [2.05, 4.69) is 31.5 Å². The Kier molecular flexibility index (Phi) is 8.45. The third-order valence-corrected chi connectivity index (χ3v) is 5.08. The van der Waals surface area contributed by atoms with Gasteiger partial charge >= 0.3 is 12.1 Å². The summed E-state index contributed by atoms with van der Waals surface area (Å²) in [5, 5.41) is 19.8. The topological polar surface area (TPSA) is 118 Å². The van der Waals surface area contributed by atoms with E-state index in [0.29, 0.717) is 24.5 Å². The van der Waals surface area contributed by atoms with E-state index < -0.39 is 0 Å². The van der Waals surface area contributed by atoms with Gasteiger partial charge in [-0.2, -0.15) is 10.2 Å². The molecule has 0 fully saturated rings. The number of nitrogens with one attached hydrogen (secondary N) is 4. The molecule has 4 N–H and O–H groups in total. The average molecular weight is 453 g/mol. The van der Waals surface area contributed by atoms with Crippen molar-refractivity contribution in [2.75, 3.05) is 23.7 Å². The zero-order valence-electron chi connectivity index (χ0n) is 19.3. The molecule has 2 aromatic heterocycles. The Morgan fingerprint density at radius 2 is 1.42 bits per heavy atom. The van der Waals surface area contributed by atoms with Crippen LogP contribution < -0.4 is 21.3 Å². The molecule has 33 heavy (non-hydrogen) atoms. The van der Waals surface area contributed by atoms with Crippen molar-refractivity contribution in [3.8, 4) is 0 Å². The molecule has 0 spiro atoms. The van der Waals surface area contributed by atoms with Gasteiger partial charge in [0, 0.05) is 62.3 Å². The predicted octanol–water partition coefficient (Wildman–Crippen LogP) is 3.30. The summed E-state index contributed by atoms with van der Waals surface area (Å²) in [5.74, 6) is 0.453. The van der Waals surface area contributed by atoms with Crippen LogP contribution in [0.4, 0.5) is 21.0 Å². The molecule has 10 heteroatoms. The Morgan fingerprint density at radius 3 is 1.94 bits per heavy atom. The van der Waals surface area contributed by atoms with Crippen molar-refractivity contribution in [1.29, 1.82) is 0 Å². The summed E-state index contributed by atoms with van der Waals surface area (Å²) in [5.41, 5.74) is 2.13. The smallest absolute Gasteiger partial charge is 0.319 e. The molecule has 2 atom stereocenters. The predicted molar refractivity (Wildman–Crippen MR) is 128 cm³/mol. The second kappa shape index (κ2) is 11.7. The maximum atomic E-state index is 12.4. The maximum absolute atomic E-state index is 12.4. The number of anilines is 2. The second-order valence-corrected chi connectivity index (χ2v) is 8.37. The number of amides is 4. The number of carbonyl (C=O) groups is 2. The fourth-order valence-electron chi connectivity index (χ4n) is 3.29. The molecule has 0 aliphatic carbocycles. The molecule has 0 aliphatic rings. The van der Waals surface area contributed by atoms with Gasteiger partial charge in [0.05, 0.1) is 0 Å². The molecule has 0 saturated heterocycles. The lowest BCUT2D eigenvalue weighted by Gasteiger charge is -2.16. The van der Waals surface area contributed by atoms with E-state index >= 15 is 0 Å². The van der Waals surface area contributed by atoms with Crippen LogP contribution in [0.5, 0.6) is 0 Å². The monoisotopic (exact) mass is 452 g/mol. The van der Waals surface area contributed by atoms with Crippen LogP contribution in [0.1, 0.15) is 19.4 Å². The van der Waals surface area contributed by atoms with Gasteiger partial charge in [-0.05, 0) is 48.6 Å². The normalized spacial score (nSPS) is 12.6. The fraction of sp³-hybridized carbons (Fsp3) is 0.391. The molecule has 0 saturated carbocycles. The maximum Gasteiger partial charge on any atom is 0.319 e. The molecule has 0 aliphatic heterocycles. The molecular formula is C23H32N8O2. The van der Waals surface area contributed by atoms with Gasteiger partial charge in [-0.15, -0.1) is 0 Å². The molecule has 4 amide bonds. The quantitative estimate of drug-likeness (QED) is 0.377.